The number of nitrogens with zero attached hydrogens (tertiary/aromatic N) is 5. The molecule has 4 aliphatic rings. The van der Waals surface area contributed by atoms with Gasteiger partial charge in [-0.2, -0.15) is 0 Å². The fraction of sp³-hybridized carbons (Fsp3) is 0.465. The van der Waals surface area contributed by atoms with Gasteiger partial charge in [0.15, 0.2) is 5.82 Å². The highest BCUT2D eigenvalue weighted by atomic mass is 19.1. The van der Waals surface area contributed by atoms with Gasteiger partial charge in [-0.1, -0.05) is 12.1 Å². The molecule has 4 aromatic rings. The predicted octanol–water partition coefficient (Wildman–Crippen LogP) is 5.46. The molecule has 8 rings (SSSR count). The van der Waals surface area contributed by atoms with Crippen LogP contribution < -0.4 is 26.8 Å². The van der Waals surface area contributed by atoms with Gasteiger partial charge in [0, 0.05) is 60.2 Å². The molecule has 1 atom stereocenters. The van der Waals surface area contributed by atoms with Crippen molar-refractivity contribution in [2.24, 2.45) is 5.92 Å². The molecule has 4 N–H and O–H groups in total. The molecule has 3 aromatic heterocycles. The second-order valence-electron chi connectivity index (χ2n) is 16.1. The number of likely N-dealkylation sites (tertiary alicyclic amines) is 1. The van der Waals surface area contributed by atoms with Crippen LogP contribution in [0.4, 0.5) is 20.4 Å². The Morgan fingerprint density at radius 3 is 2.31 bits per heavy atom. The van der Waals surface area contributed by atoms with Crippen LogP contribution in [0, 0.1) is 17.6 Å². The van der Waals surface area contributed by atoms with Crippen LogP contribution in [0.5, 0.6) is 0 Å². The Labute approximate surface area is 335 Å². The van der Waals surface area contributed by atoms with Crippen LogP contribution in [0.2, 0.25) is 0 Å². The summed E-state index contributed by atoms with van der Waals surface area (Å²) < 4.78 is 31.6. The van der Waals surface area contributed by atoms with Gasteiger partial charge in [-0.25, -0.2) is 23.7 Å². The first-order valence-corrected chi connectivity index (χ1v) is 20.5. The van der Waals surface area contributed by atoms with Crippen molar-refractivity contribution in [3.05, 3.63) is 94.7 Å². The number of hydrogen-bond acceptors (Lipinski definition) is 10. The maximum Gasteiger partial charge on any atom is 0.256 e. The third-order valence-corrected chi connectivity index (χ3v) is 12.4. The second-order valence-corrected chi connectivity index (χ2v) is 16.1. The first-order chi connectivity index (χ1) is 28.2. The van der Waals surface area contributed by atoms with Crippen molar-refractivity contribution in [2.75, 3.05) is 23.7 Å². The summed E-state index contributed by atoms with van der Waals surface area (Å²) in [7, 11) is 0. The number of pyridine rings is 2. The lowest BCUT2D eigenvalue weighted by atomic mass is 9.83. The average molecular weight is 794 g/mol. The van der Waals surface area contributed by atoms with Gasteiger partial charge >= 0.3 is 0 Å². The number of amides is 3. The molecule has 13 nitrogen and oxygen atoms in total. The van der Waals surface area contributed by atoms with E-state index in [1.807, 2.05) is 12.1 Å². The molecule has 2 saturated heterocycles. The van der Waals surface area contributed by atoms with Crippen molar-refractivity contribution in [2.45, 2.75) is 107 Å². The molecule has 2 aliphatic carbocycles. The smallest absolute Gasteiger partial charge is 0.256 e. The lowest BCUT2D eigenvalue weighted by molar-refractivity contribution is -0.133. The van der Waals surface area contributed by atoms with Gasteiger partial charge in [-0.15, -0.1) is 0 Å². The zero-order chi connectivity index (χ0) is 40.2. The summed E-state index contributed by atoms with van der Waals surface area (Å²) in [5.74, 6) is -0.643. The molecule has 5 heterocycles. The number of benzene rings is 1. The molecule has 58 heavy (non-hydrogen) atoms. The molecule has 2 aliphatic heterocycles. The van der Waals surface area contributed by atoms with E-state index in [4.69, 9.17) is 0 Å². The van der Waals surface area contributed by atoms with Crippen LogP contribution in [-0.4, -0.2) is 79.4 Å². The zero-order valence-corrected chi connectivity index (χ0v) is 32.3. The number of aromatic nitrogens is 4. The van der Waals surface area contributed by atoms with Crippen molar-refractivity contribution in [3.63, 3.8) is 0 Å². The van der Waals surface area contributed by atoms with E-state index >= 15 is 4.39 Å². The number of halogens is 2. The first kappa shape index (κ1) is 39.3. The molecule has 2 saturated carbocycles. The van der Waals surface area contributed by atoms with Gasteiger partial charge < -0.3 is 20.9 Å². The number of carbonyl (C=O) groups is 3. The summed E-state index contributed by atoms with van der Waals surface area (Å²) in [6.07, 6.45) is 13.6. The highest BCUT2D eigenvalue weighted by Crippen LogP contribution is 2.35. The van der Waals surface area contributed by atoms with Crippen molar-refractivity contribution in [1.29, 1.82) is 0 Å². The van der Waals surface area contributed by atoms with Gasteiger partial charge in [-0.3, -0.25) is 29.1 Å². The maximum atomic E-state index is 15.3. The standard InChI is InChI=1S/C43H49F2N9O4/c44-34-24-31(48-36-14-15-38(55)51-42(36)58)10-13-33(34)26-17-21-53(22-18-26)32-11-8-29(9-12-32)49-41(57)27-4-6-30(7-5-27)50-43-47-25-35(45)40(52-43)28-16-19-46-37(23-28)54-20-2-1-3-39(54)56/h1-3,10,13,16,19-20,23-27,29-30,32,36,48H,4-9,11-12,14-15,17-18,21-22H2,(H,49,57)(H,47,50,52)(H,51,55,58)/t27-,29-,30-,32-,36?. The van der Waals surface area contributed by atoms with Gasteiger partial charge in [-0.05, 0) is 126 Å². The van der Waals surface area contributed by atoms with Gasteiger partial charge in [0.25, 0.3) is 5.56 Å². The number of hydrogen-bond donors (Lipinski definition) is 4. The minimum absolute atomic E-state index is 0.0516. The Morgan fingerprint density at radius 1 is 0.793 bits per heavy atom. The third kappa shape index (κ3) is 9.09. The van der Waals surface area contributed by atoms with Crippen LogP contribution in [0.15, 0.2) is 71.9 Å². The Hall–Kier alpha value is -5.57. The summed E-state index contributed by atoms with van der Waals surface area (Å²) in [5, 5.41) is 12.1. The summed E-state index contributed by atoms with van der Waals surface area (Å²) in [5.41, 5.74) is 1.58. The molecule has 0 spiro atoms. The molecular formula is C43H49F2N9O4. The summed E-state index contributed by atoms with van der Waals surface area (Å²) >= 11 is 0. The predicted molar refractivity (Wildman–Crippen MR) is 214 cm³/mol. The van der Waals surface area contributed by atoms with E-state index in [0.29, 0.717) is 41.0 Å². The number of carbonyl (C=O) groups excluding carboxylic acids is 3. The Morgan fingerprint density at radius 2 is 1.57 bits per heavy atom. The number of piperidine rings is 2. The van der Waals surface area contributed by atoms with Crippen molar-refractivity contribution >= 4 is 29.4 Å². The Balaban J connectivity index is 0.760. The van der Waals surface area contributed by atoms with E-state index in [0.717, 1.165) is 83.5 Å². The molecule has 0 radical (unpaired) electrons. The van der Waals surface area contributed by atoms with E-state index in [1.165, 1.54) is 22.9 Å². The second kappa shape index (κ2) is 17.5. The topological polar surface area (TPSA) is 163 Å². The molecule has 4 fully saturated rings. The van der Waals surface area contributed by atoms with Gasteiger partial charge in [0.05, 0.1) is 6.20 Å². The van der Waals surface area contributed by atoms with Crippen LogP contribution in [-0.2, 0) is 14.4 Å². The fourth-order valence-electron chi connectivity index (χ4n) is 9.10. The monoisotopic (exact) mass is 793 g/mol. The zero-order valence-electron chi connectivity index (χ0n) is 32.3. The Bertz CT molecular complexity index is 2190. The van der Waals surface area contributed by atoms with E-state index < -0.39 is 11.9 Å². The summed E-state index contributed by atoms with van der Waals surface area (Å²) in [4.78, 5) is 64.7. The van der Waals surface area contributed by atoms with Gasteiger partial charge in [0.1, 0.15) is 23.4 Å². The molecule has 304 valence electrons. The quantitative estimate of drug-likeness (QED) is 0.152. The van der Waals surface area contributed by atoms with Gasteiger partial charge in [0.2, 0.25) is 23.7 Å². The largest absolute Gasteiger partial charge is 0.374 e. The van der Waals surface area contributed by atoms with E-state index in [2.05, 4.69) is 41.1 Å². The first-order valence-electron chi connectivity index (χ1n) is 20.5. The van der Waals surface area contributed by atoms with Crippen molar-refractivity contribution < 1.29 is 23.2 Å². The molecule has 1 unspecified atom stereocenters. The minimum atomic E-state index is -0.582. The molecule has 0 bridgehead atoms. The van der Waals surface area contributed by atoms with Crippen molar-refractivity contribution in [3.8, 4) is 17.1 Å². The fourth-order valence-corrected chi connectivity index (χ4v) is 9.10. The van der Waals surface area contributed by atoms with E-state index in [-0.39, 0.29) is 65.1 Å². The van der Waals surface area contributed by atoms with Crippen molar-refractivity contribution in [1.82, 2.24) is 35.1 Å². The van der Waals surface area contributed by atoms with Crippen LogP contribution >= 0.6 is 0 Å². The van der Waals surface area contributed by atoms with E-state index in [1.54, 1.807) is 30.5 Å². The minimum Gasteiger partial charge on any atom is -0.374 e. The molecule has 15 heteroatoms. The average Bonchev–Trinajstić information content (AvgIpc) is 3.23. The maximum absolute atomic E-state index is 15.3. The van der Waals surface area contributed by atoms with Crippen LogP contribution in [0.25, 0.3) is 17.1 Å². The van der Waals surface area contributed by atoms with E-state index in [9.17, 15) is 23.6 Å². The number of rotatable bonds is 10. The third-order valence-electron chi connectivity index (χ3n) is 12.4. The lowest BCUT2D eigenvalue weighted by Crippen LogP contribution is -2.47. The molecular weight excluding hydrogens is 745 g/mol. The van der Waals surface area contributed by atoms with Crippen LogP contribution in [0.1, 0.15) is 88.5 Å². The SMILES string of the molecule is O=C1CCC(Nc2ccc(C3CCN([C@H]4CC[C@H](NC(=O)[C@H]5CC[C@H](Nc6ncc(F)c(-c7ccnc(-n8ccccc8=O)c7)n6)CC5)CC4)CC3)c(F)c2)C(=O)N1. The molecule has 1 aromatic carbocycles. The highest BCUT2D eigenvalue weighted by molar-refractivity contribution is 6.01. The number of nitrogens with one attached hydrogen (secondary N) is 4. The van der Waals surface area contributed by atoms with Crippen LogP contribution in [0.3, 0.4) is 0 Å². The number of anilines is 2. The Kier molecular flexibility index (Phi) is 11.9. The lowest BCUT2D eigenvalue weighted by Gasteiger charge is -2.41. The highest BCUT2D eigenvalue weighted by Gasteiger charge is 2.33. The number of imide groups is 1. The molecule has 3 amide bonds. The normalized spacial score (nSPS) is 24.5. The summed E-state index contributed by atoms with van der Waals surface area (Å²) in [6.45, 7) is 1.82. The summed E-state index contributed by atoms with van der Waals surface area (Å²) in [6, 6.07) is 13.3.